The van der Waals surface area contributed by atoms with Gasteiger partial charge < -0.3 is 5.32 Å². The summed E-state index contributed by atoms with van der Waals surface area (Å²) in [6, 6.07) is 5.70. The van der Waals surface area contributed by atoms with Crippen LogP contribution < -0.4 is 10.9 Å². The summed E-state index contributed by atoms with van der Waals surface area (Å²) < 4.78 is 1.71. The average Bonchev–Trinajstić information content (AvgIpc) is 2.90. The Labute approximate surface area is 137 Å². The van der Waals surface area contributed by atoms with Gasteiger partial charge in [0.05, 0.1) is 16.6 Å². The molecule has 4 rings (SSSR count). The van der Waals surface area contributed by atoms with Crippen molar-refractivity contribution in [3.05, 3.63) is 52.1 Å². The third-order valence-corrected chi connectivity index (χ3v) is 4.38. The molecule has 0 spiro atoms. The fourth-order valence-corrected chi connectivity index (χ4v) is 3.33. The monoisotopic (exact) mass is 323 g/mol. The summed E-state index contributed by atoms with van der Waals surface area (Å²) in [6.45, 7) is 3.91. The third kappa shape index (κ3) is 2.12. The first-order chi connectivity index (χ1) is 11.6. The Morgan fingerprint density at radius 2 is 2.00 bits per heavy atom. The number of anilines is 1. The number of amides is 1. The number of fused-ring (bicyclic) bond motifs is 2. The normalized spacial score (nSPS) is 17.1. The van der Waals surface area contributed by atoms with E-state index in [1.807, 2.05) is 32.0 Å². The molecule has 1 aliphatic heterocycles. The van der Waals surface area contributed by atoms with Crippen molar-refractivity contribution in [3.8, 4) is 0 Å². The molecule has 1 aliphatic rings. The minimum absolute atomic E-state index is 0.0350. The summed E-state index contributed by atoms with van der Waals surface area (Å²) in [5.41, 5.74) is 2.74. The molecule has 0 saturated heterocycles. The lowest BCUT2D eigenvalue weighted by Gasteiger charge is -2.24. The molecule has 7 nitrogen and oxygen atoms in total. The number of aromatic nitrogens is 4. The maximum absolute atomic E-state index is 12.6. The van der Waals surface area contributed by atoms with Crippen LogP contribution in [0.25, 0.3) is 11.0 Å². The number of carbonyl (C=O) groups is 1. The largest absolute Gasteiger partial charge is 0.311 e. The molecule has 2 aromatic heterocycles. The van der Waals surface area contributed by atoms with Crippen LogP contribution in [0, 0.1) is 0 Å². The Balaban J connectivity index is 1.98. The molecule has 3 heterocycles. The number of nitrogens with zero attached hydrogens (tertiary/aromatic N) is 3. The quantitative estimate of drug-likeness (QED) is 0.756. The van der Waals surface area contributed by atoms with Crippen LogP contribution in [0.2, 0.25) is 0 Å². The number of rotatable bonds is 2. The zero-order valence-corrected chi connectivity index (χ0v) is 13.4. The van der Waals surface area contributed by atoms with Gasteiger partial charge >= 0.3 is 0 Å². The predicted molar refractivity (Wildman–Crippen MR) is 90.1 cm³/mol. The van der Waals surface area contributed by atoms with Crippen molar-refractivity contribution in [2.75, 3.05) is 5.32 Å². The van der Waals surface area contributed by atoms with Crippen molar-refractivity contribution < 1.29 is 4.79 Å². The van der Waals surface area contributed by atoms with Crippen LogP contribution in [-0.2, 0) is 4.79 Å². The van der Waals surface area contributed by atoms with Crippen LogP contribution in [0.4, 0.5) is 5.82 Å². The number of hydrogen-bond donors (Lipinski definition) is 2. The van der Waals surface area contributed by atoms with Crippen molar-refractivity contribution in [1.82, 2.24) is 19.7 Å². The predicted octanol–water partition coefficient (Wildman–Crippen LogP) is 2.17. The van der Waals surface area contributed by atoms with Crippen LogP contribution in [0.5, 0.6) is 0 Å². The Morgan fingerprint density at radius 1 is 1.21 bits per heavy atom. The summed E-state index contributed by atoms with van der Waals surface area (Å²) >= 11 is 0. The highest BCUT2D eigenvalue weighted by atomic mass is 16.2. The van der Waals surface area contributed by atoms with E-state index in [2.05, 4.69) is 20.4 Å². The molecule has 7 heteroatoms. The Hall–Kier alpha value is -2.96. The van der Waals surface area contributed by atoms with Gasteiger partial charge in [0.1, 0.15) is 5.82 Å². The molecule has 1 amide bonds. The van der Waals surface area contributed by atoms with Gasteiger partial charge in [-0.1, -0.05) is 12.1 Å². The number of hydrogen-bond acceptors (Lipinski definition) is 4. The number of H-pyrrole nitrogens is 1. The number of para-hydroxylation sites is 1. The molecule has 0 unspecified atom stereocenters. The molecular formula is C17H17N5O2. The molecular weight excluding hydrogens is 306 g/mol. The number of carbonyl (C=O) groups excluding carboxylic acids is 1. The van der Waals surface area contributed by atoms with E-state index < -0.39 is 0 Å². The molecule has 122 valence electrons. The Morgan fingerprint density at radius 3 is 2.79 bits per heavy atom. The SMILES string of the molecule is CC(C)n1[nH]c(=O)c2c1NC(=O)C[C@H]2c1cccc2nccnc12. The number of benzene rings is 1. The third-order valence-electron chi connectivity index (χ3n) is 4.38. The second-order valence-corrected chi connectivity index (χ2v) is 6.24. The van der Waals surface area contributed by atoms with E-state index in [-0.39, 0.29) is 29.8 Å². The van der Waals surface area contributed by atoms with E-state index >= 15 is 0 Å². The van der Waals surface area contributed by atoms with Gasteiger partial charge in [-0.2, -0.15) is 0 Å². The van der Waals surface area contributed by atoms with Gasteiger partial charge in [0.25, 0.3) is 5.56 Å². The second kappa shape index (κ2) is 5.30. The van der Waals surface area contributed by atoms with Gasteiger partial charge in [-0.3, -0.25) is 29.3 Å². The van der Waals surface area contributed by atoms with Crippen LogP contribution in [0.1, 0.15) is 43.4 Å². The molecule has 3 aromatic rings. The van der Waals surface area contributed by atoms with Crippen LogP contribution in [-0.4, -0.2) is 25.7 Å². The summed E-state index contributed by atoms with van der Waals surface area (Å²) in [5, 5.41) is 5.67. The van der Waals surface area contributed by atoms with E-state index in [0.29, 0.717) is 11.4 Å². The van der Waals surface area contributed by atoms with Crippen molar-refractivity contribution >= 4 is 22.8 Å². The molecule has 0 saturated carbocycles. The standard InChI is InChI=1S/C17H17N5O2/c1-9(2)22-16-14(17(24)21-22)11(8-13(23)20-16)10-4-3-5-12-15(10)19-7-6-18-12/h3-7,9,11H,8H2,1-2H3,(H,20,23)(H,21,24)/t11-/m0/s1. The van der Waals surface area contributed by atoms with Crippen LogP contribution in [0.15, 0.2) is 35.4 Å². The zero-order chi connectivity index (χ0) is 16.8. The van der Waals surface area contributed by atoms with Crippen LogP contribution in [0.3, 0.4) is 0 Å². The van der Waals surface area contributed by atoms with Crippen molar-refractivity contribution in [3.63, 3.8) is 0 Å². The van der Waals surface area contributed by atoms with E-state index in [1.165, 1.54) is 0 Å². The first-order valence-electron chi connectivity index (χ1n) is 7.90. The summed E-state index contributed by atoms with van der Waals surface area (Å²) in [6.07, 6.45) is 3.47. The summed E-state index contributed by atoms with van der Waals surface area (Å²) in [5.74, 6) is 0.108. The van der Waals surface area contributed by atoms with Gasteiger partial charge in [0, 0.05) is 30.8 Å². The van der Waals surface area contributed by atoms with Gasteiger partial charge in [-0.25, -0.2) is 0 Å². The lowest BCUT2D eigenvalue weighted by atomic mass is 9.86. The Kier molecular flexibility index (Phi) is 3.23. The Bertz CT molecular complexity index is 996. The van der Waals surface area contributed by atoms with Crippen molar-refractivity contribution in [1.29, 1.82) is 0 Å². The molecule has 0 radical (unpaired) electrons. The minimum Gasteiger partial charge on any atom is -0.311 e. The fourth-order valence-electron chi connectivity index (χ4n) is 3.33. The summed E-state index contributed by atoms with van der Waals surface area (Å²) in [4.78, 5) is 33.5. The number of aromatic amines is 1. The lowest BCUT2D eigenvalue weighted by molar-refractivity contribution is -0.116. The topological polar surface area (TPSA) is 92.7 Å². The minimum atomic E-state index is -0.335. The highest BCUT2D eigenvalue weighted by molar-refractivity contribution is 5.95. The van der Waals surface area contributed by atoms with Crippen molar-refractivity contribution in [2.45, 2.75) is 32.2 Å². The molecule has 0 aliphatic carbocycles. The van der Waals surface area contributed by atoms with E-state index in [9.17, 15) is 9.59 Å². The van der Waals surface area contributed by atoms with Gasteiger partial charge in [-0.05, 0) is 25.5 Å². The van der Waals surface area contributed by atoms with Gasteiger partial charge in [-0.15, -0.1) is 0 Å². The lowest BCUT2D eigenvalue weighted by Crippen LogP contribution is -2.27. The summed E-state index contributed by atoms with van der Waals surface area (Å²) in [7, 11) is 0. The van der Waals surface area contributed by atoms with Gasteiger partial charge in [0.15, 0.2) is 0 Å². The van der Waals surface area contributed by atoms with Crippen molar-refractivity contribution in [2.24, 2.45) is 0 Å². The van der Waals surface area contributed by atoms with E-state index in [0.717, 1.165) is 16.6 Å². The molecule has 2 N–H and O–H groups in total. The second-order valence-electron chi connectivity index (χ2n) is 6.24. The van der Waals surface area contributed by atoms with E-state index in [1.54, 1.807) is 17.1 Å². The van der Waals surface area contributed by atoms with Gasteiger partial charge in [0.2, 0.25) is 5.91 Å². The highest BCUT2D eigenvalue weighted by Crippen LogP contribution is 2.37. The van der Waals surface area contributed by atoms with Crippen LogP contribution >= 0.6 is 0 Å². The molecule has 0 fully saturated rings. The average molecular weight is 323 g/mol. The molecule has 0 bridgehead atoms. The maximum atomic E-state index is 12.6. The molecule has 24 heavy (non-hydrogen) atoms. The molecule has 1 atom stereocenters. The fraction of sp³-hybridized carbons (Fsp3) is 0.294. The smallest absolute Gasteiger partial charge is 0.270 e. The first-order valence-corrected chi connectivity index (χ1v) is 7.90. The first kappa shape index (κ1) is 14.6. The molecule has 1 aromatic carbocycles. The van der Waals surface area contributed by atoms with E-state index in [4.69, 9.17) is 0 Å². The number of nitrogens with one attached hydrogen (secondary N) is 2. The maximum Gasteiger partial charge on any atom is 0.270 e. The highest BCUT2D eigenvalue weighted by Gasteiger charge is 2.34. The zero-order valence-electron chi connectivity index (χ0n) is 13.4.